The number of nitrogens with zero attached hydrogens (tertiary/aromatic N) is 3. The van der Waals surface area contributed by atoms with E-state index in [2.05, 4.69) is 5.73 Å². The van der Waals surface area contributed by atoms with Crippen molar-refractivity contribution in [2.24, 2.45) is 0 Å². The molecule has 10 heavy (non-hydrogen) atoms. The molecule has 0 heterocycles. The normalized spacial score (nSPS) is 6.90. The smallest absolute Gasteiger partial charge is 0.127 e. The molecule has 0 aliphatic heterocycles. The Morgan fingerprint density at radius 1 is 1.10 bits per heavy atom. The van der Waals surface area contributed by atoms with Crippen LogP contribution in [0, 0.1) is 0 Å². The summed E-state index contributed by atoms with van der Waals surface area (Å²) in [5.41, 5.74) is 18.3. The fourth-order valence-electron chi connectivity index (χ4n) is 0.478. The van der Waals surface area contributed by atoms with Gasteiger partial charge in [-0.15, -0.1) is 0 Å². The summed E-state index contributed by atoms with van der Waals surface area (Å²) in [4.78, 5) is 1.50. The molecule has 0 unspecified atom stereocenters. The molecule has 4 heteroatoms. The van der Waals surface area contributed by atoms with Gasteiger partial charge in [0.15, 0.2) is 0 Å². The molecule has 0 aliphatic carbocycles. The van der Waals surface area contributed by atoms with Crippen molar-refractivity contribution in [3.63, 3.8) is 0 Å². The average molecular weight is 136 g/mol. The van der Waals surface area contributed by atoms with E-state index in [1.807, 2.05) is 30.3 Å². The molecule has 0 saturated carbocycles. The van der Waals surface area contributed by atoms with Gasteiger partial charge in [-0.2, -0.15) is 0 Å². The van der Waals surface area contributed by atoms with Crippen molar-refractivity contribution >= 4 is 5.69 Å². The molecular formula is C6H8N4. The molecular weight excluding hydrogens is 128 g/mol. The zero-order chi connectivity index (χ0) is 7.82. The van der Waals surface area contributed by atoms with E-state index in [9.17, 15) is 0 Å². The summed E-state index contributed by atoms with van der Waals surface area (Å²) in [7, 11) is 0. The molecule has 3 N–H and O–H groups in total. The van der Waals surface area contributed by atoms with E-state index in [0.29, 0.717) is 0 Å². The summed E-state index contributed by atoms with van der Waals surface area (Å²) in [6, 6.07) is 9.87. The third kappa shape index (κ3) is 4.64. The van der Waals surface area contributed by atoms with Crippen LogP contribution in [-0.4, -0.2) is 0 Å². The van der Waals surface area contributed by atoms with Crippen LogP contribution < -0.4 is 5.73 Å². The van der Waals surface area contributed by atoms with Gasteiger partial charge >= 0.3 is 0 Å². The lowest BCUT2D eigenvalue weighted by Crippen LogP contribution is -2.39. The molecule has 52 valence electrons. The maximum atomic E-state index is 6.75. The van der Waals surface area contributed by atoms with Gasteiger partial charge in [-0.1, -0.05) is 18.2 Å². The lowest BCUT2D eigenvalue weighted by molar-refractivity contribution is -0.254. The Morgan fingerprint density at radius 3 is 1.70 bits per heavy atom. The summed E-state index contributed by atoms with van der Waals surface area (Å²) < 4.78 is 0. The van der Waals surface area contributed by atoms with Gasteiger partial charge in [-0.3, -0.25) is 4.91 Å². The first-order valence-corrected chi connectivity index (χ1v) is 2.66. The largest absolute Gasteiger partial charge is 0.373 e. The molecule has 0 fully saturated rings. The maximum Gasteiger partial charge on any atom is 0.127 e. The molecule has 0 radical (unpaired) electrons. The Hall–Kier alpha value is -1.51. The lowest BCUT2D eigenvalue weighted by Gasteiger charge is -1.78. The maximum absolute atomic E-state index is 6.75. The molecule has 0 aromatic heterocycles. The van der Waals surface area contributed by atoms with Crippen LogP contribution in [0.4, 0.5) is 5.69 Å². The molecule has 0 saturated heterocycles. The summed E-state index contributed by atoms with van der Waals surface area (Å²) in [6.07, 6.45) is 0. The van der Waals surface area contributed by atoms with E-state index in [0.717, 1.165) is 5.69 Å². The van der Waals surface area contributed by atoms with Crippen LogP contribution in [0.1, 0.15) is 0 Å². The van der Waals surface area contributed by atoms with E-state index >= 15 is 0 Å². The minimum absolute atomic E-state index is 1.07. The highest BCUT2D eigenvalue weighted by molar-refractivity contribution is 5.25. The van der Waals surface area contributed by atoms with E-state index in [4.69, 9.17) is 11.1 Å². The monoisotopic (exact) mass is 136 g/mol. The number of hydrogen-bond donors (Lipinski definition) is 1. The van der Waals surface area contributed by atoms with Gasteiger partial charge < -0.3 is 16.8 Å². The lowest BCUT2D eigenvalue weighted by atomic mass is 10.3. The number of rotatable bonds is 0. The Labute approximate surface area is 58.7 Å². The Morgan fingerprint density at radius 2 is 1.50 bits per heavy atom. The number of hydrogen-bond acceptors (Lipinski definition) is 0. The summed E-state index contributed by atoms with van der Waals surface area (Å²) >= 11 is 0. The van der Waals surface area contributed by atoms with Crippen LogP contribution in [0.25, 0.3) is 16.0 Å². The van der Waals surface area contributed by atoms with Gasteiger partial charge in [0.2, 0.25) is 0 Å². The third-order valence-corrected chi connectivity index (χ3v) is 0.843. The molecule has 0 atom stereocenters. The molecule has 1 aromatic rings. The van der Waals surface area contributed by atoms with Crippen molar-refractivity contribution in [1.29, 1.82) is 0 Å². The molecule has 4 nitrogen and oxygen atoms in total. The van der Waals surface area contributed by atoms with E-state index in [1.54, 1.807) is 0 Å². The molecule has 0 amide bonds. The second-order valence-electron chi connectivity index (χ2n) is 1.58. The molecule has 0 aliphatic rings. The SMILES string of the molecule is [N-]=[N+]=[N-].[NH3+]c1ccccc1. The summed E-state index contributed by atoms with van der Waals surface area (Å²) in [6.45, 7) is 0. The number of quaternary nitrogens is 1. The second kappa shape index (κ2) is 5.62. The number of benzene rings is 1. The van der Waals surface area contributed by atoms with E-state index < -0.39 is 0 Å². The third-order valence-electron chi connectivity index (χ3n) is 0.843. The van der Waals surface area contributed by atoms with Gasteiger partial charge in [-0.25, -0.2) is 0 Å². The first kappa shape index (κ1) is 8.49. The highest BCUT2D eigenvalue weighted by atomic mass is 15.0. The van der Waals surface area contributed by atoms with Crippen molar-refractivity contribution in [1.82, 2.24) is 0 Å². The quantitative estimate of drug-likeness (QED) is 0.317. The fourth-order valence-corrected chi connectivity index (χ4v) is 0.478. The Kier molecular flexibility index (Phi) is 4.77. The van der Waals surface area contributed by atoms with Crippen molar-refractivity contribution < 1.29 is 5.73 Å². The first-order chi connectivity index (χ1) is 4.81. The zero-order valence-corrected chi connectivity index (χ0v) is 5.44. The summed E-state index contributed by atoms with van der Waals surface area (Å²) in [5, 5.41) is 0. The summed E-state index contributed by atoms with van der Waals surface area (Å²) in [5.74, 6) is 0. The molecule has 0 bridgehead atoms. The Balaban J connectivity index is 0.000000236. The minimum atomic E-state index is 1.07. The molecule has 0 spiro atoms. The van der Waals surface area contributed by atoms with Gasteiger partial charge in [0.1, 0.15) is 5.69 Å². The van der Waals surface area contributed by atoms with Crippen molar-refractivity contribution in [3.8, 4) is 0 Å². The predicted molar refractivity (Wildman–Crippen MR) is 39.1 cm³/mol. The van der Waals surface area contributed by atoms with E-state index in [1.165, 1.54) is 4.91 Å². The average Bonchev–Trinajstić information content (AvgIpc) is 1.91. The van der Waals surface area contributed by atoms with Crippen molar-refractivity contribution in [2.45, 2.75) is 0 Å². The fraction of sp³-hybridized carbons (Fsp3) is 0. The van der Waals surface area contributed by atoms with E-state index in [-0.39, 0.29) is 0 Å². The van der Waals surface area contributed by atoms with Crippen LogP contribution in [0.3, 0.4) is 0 Å². The van der Waals surface area contributed by atoms with Crippen LogP contribution in [0.15, 0.2) is 30.3 Å². The van der Waals surface area contributed by atoms with Crippen molar-refractivity contribution in [2.75, 3.05) is 0 Å². The molecule has 1 aromatic carbocycles. The van der Waals surface area contributed by atoms with Gasteiger partial charge in [0, 0.05) is 0 Å². The zero-order valence-electron chi connectivity index (χ0n) is 5.44. The highest BCUT2D eigenvalue weighted by Crippen LogP contribution is 1.93. The topological polar surface area (TPSA) is 86.3 Å². The van der Waals surface area contributed by atoms with Crippen LogP contribution in [0.2, 0.25) is 0 Å². The first-order valence-electron chi connectivity index (χ1n) is 2.66. The van der Waals surface area contributed by atoms with Crippen LogP contribution in [-0.2, 0) is 0 Å². The second-order valence-corrected chi connectivity index (χ2v) is 1.58. The van der Waals surface area contributed by atoms with Gasteiger partial charge in [-0.05, 0) is 12.1 Å². The van der Waals surface area contributed by atoms with Crippen LogP contribution >= 0.6 is 0 Å². The predicted octanol–water partition coefficient (Wildman–Crippen LogP) is 1.43. The minimum Gasteiger partial charge on any atom is -0.373 e. The van der Waals surface area contributed by atoms with Gasteiger partial charge in [0.25, 0.3) is 0 Å². The highest BCUT2D eigenvalue weighted by Gasteiger charge is 1.77. The van der Waals surface area contributed by atoms with Crippen molar-refractivity contribution in [3.05, 3.63) is 46.3 Å². The van der Waals surface area contributed by atoms with Gasteiger partial charge in [0.05, 0.1) is 0 Å². The Bertz CT molecular complexity index is 200. The van der Waals surface area contributed by atoms with Crippen LogP contribution in [0.5, 0.6) is 0 Å². The molecule has 1 rings (SSSR count). The standard InChI is InChI=1S/C6H7N.N3/c7-6-4-2-1-3-5-6;1-3-2/h1-5H,7H2;/q;-1/p+1.